The molecule has 0 radical (unpaired) electrons. The molecular weight excluding hydrogens is 274 g/mol. The SMILES string of the molecule is CCc1cc(OCCOc2ccc(N)cc2)ccc1Cl. The molecule has 20 heavy (non-hydrogen) atoms. The first-order valence-electron chi connectivity index (χ1n) is 6.58. The van der Waals surface area contributed by atoms with Gasteiger partial charge in [-0.2, -0.15) is 0 Å². The normalized spacial score (nSPS) is 10.3. The maximum Gasteiger partial charge on any atom is 0.122 e. The van der Waals surface area contributed by atoms with Crippen molar-refractivity contribution in [1.82, 2.24) is 0 Å². The van der Waals surface area contributed by atoms with Crippen LogP contribution in [0, 0.1) is 0 Å². The highest BCUT2D eigenvalue weighted by molar-refractivity contribution is 6.31. The Hall–Kier alpha value is -1.87. The number of hydrogen-bond acceptors (Lipinski definition) is 3. The third kappa shape index (κ3) is 4.07. The molecule has 2 rings (SSSR count). The molecule has 2 N–H and O–H groups in total. The van der Waals surface area contributed by atoms with Crippen LogP contribution in [-0.2, 0) is 6.42 Å². The van der Waals surface area contributed by atoms with Gasteiger partial charge >= 0.3 is 0 Å². The van der Waals surface area contributed by atoms with Crippen LogP contribution in [0.5, 0.6) is 11.5 Å². The van der Waals surface area contributed by atoms with Crippen LogP contribution >= 0.6 is 11.6 Å². The van der Waals surface area contributed by atoms with E-state index in [2.05, 4.69) is 6.92 Å². The smallest absolute Gasteiger partial charge is 0.122 e. The predicted molar refractivity (Wildman–Crippen MR) is 82.7 cm³/mol. The minimum Gasteiger partial charge on any atom is -0.490 e. The van der Waals surface area contributed by atoms with E-state index in [0.717, 1.165) is 34.2 Å². The van der Waals surface area contributed by atoms with Gasteiger partial charge in [0.15, 0.2) is 0 Å². The van der Waals surface area contributed by atoms with Crippen molar-refractivity contribution >= 4 is 17.3 Å². The van der Waals surface area contributed by atoms with Gasteiger partial charge in [0, 0.05) is 10.7 Å². The average molecular weight is 292 g/mol. The molecule has 0 unspecified atom stereocenters. The fourth-order valence-corrected chi connectivity index (χ4v) is 2.05. The van der Waals surface area contributed by atoms with Crippen molar-refractivity contribution in [3.05, 3.63) is 53.1 Å². The lowest BCUT2D eigenvalue weighted by atomic mass is 10.1. The molecule has 0 saturated carbocycles. The number of nitrogen functional groups attached to an aromatic ring is 1. The van der Waals surface area contributed by atoms with Gasteiger partial charge in [-0.1, -0.05) is 18.5 Å². The number of anilines is 1. The second-order valence-corrected chi connectivity index (χ2v) is 4.78. The van der Waals surface area contributed by atoms with Crippen molar-refractivity contribution in [3.63, 3.8) is 0 Å². The van der Waals surface area contributed by atoms with E-state index >= 15 is 0 Å². The Balaban J connectivity index is 1.79. The summed E-state index contributed by atoms with van der Waals surface area (Å²) in [6.45, 7) is 3.03. The van der Waals surface area contributed by atoms with Gasteiger partial charge in [-0.15, -0.1) is 0 Å². The lowest BCUT2D eigenvalue weighted by Gasteiger charge is -2.10. The van der Waals surface area contributed by atoms with Crippen molar-refractivity contribution < 1.29 is 9.47 Å². The van der Waals surface area contributed by atoms with Gasteiger partial charge < -0.3 is 15.2 Å². The summed E-state index contributed by atoms with van der Waals surface area (Å²) in [4.78, 5) is 0. The molecule has 2 aromatic carbocycles. The summed E-state index contributed by atoms with van der Waals surface area (Å²) < 4.78 is 11.2. The third-order valence-corrected chi connectivity index (χ3v) is 3.27. The molecule has 0 aliphatic rings. The summed E-state index contributed by atoms with van der Waals surface area (Å²) >= 11 is 6.06. The maximum absolute atomic E-state index is 6.06. The third-order valence-electron chi connectivity index (χ3n) is 2.90. The summed E-state index contributed by atoms with van der Waals surface area (Å²) in [5.41, 5.74) is 7.42. The number of halogens is 1. The number of aryl methyl sites for hydroxylation is 1. The van der Waals surface area contributed by atoms with Crippen LogP contribution in [0.25, 0.3) is 0 Å². The summed E-state index contributed by atoms with van der Waals surface area (Å²) in [5, 5.41) is 0.776. The first-order valence-corrected chi connectivity index (χ1v) is 6.96. The van der Waals surface area contributed by atoms with E-state index in [4.69, 9.17) is 26.8 Å². The number of rotatable bonds is 6. The van der Waals surface area contributed by atoms with Crippen LogP contribution in [0.4, 0.5) is 5.69 Å². The molecule has 0 fully saturated rings. The van der Waals surface area contributed by atoms with Gasteiger partial charge in [0.1, 0.15) is 24.7 Å². The minimum absolute atomic E-state index is 0.480. The lowest BCUT2D eigenvalue weighted by Crippen LogP contribution is -2.09. The van der Waals surface area contributed by atoms with E-state index in [1.54, 1.807) is 0 Å². The fraction of sp³-hybridized carbons (Fsp3) is 0.250. The molecule has 0 heterocycles. The molecular formula is C16H18ClNO2. The van der Waals surface area contributed by atoms with E-state index in [1.165, 1.54) is 0 Å². The van der Waals surface area contributed by atoms with Gasteiger partial charge in [-0.3, -0.25) is 0 Å². The Morgan fingerprint density at radius 2 is 1.55 bits per heavy atom. The number of ether oxygens (including phenoxy) is 2. The highest BCUT2D eigenvalue weighted by atomic mass is 35.5. The molecule has 0 aromatic heterocycles. The summed E-state index contributed by atoms with van der Waals surface area (Å²) in [6, 6.07) is 13.0. The highest BCUT2D eigenvalue weighted by Crippen LogP contribution is 2.22. The van der Waals surface area contributed by atoms with Crippen molar-refractivity contribution in [3.8, 4) is 11.5 Å². The molecule has 0 saturated heterocycles. The second-order valence-electron chi connectivity index (χ2n) is 4.37. The quantitative estimate of drug-likeness (QED) is 0.647. The first kappa shape index (κ1) is 14.5. The van der Waals surface area contributed by atoms with Gasteiger partial charge in [0.2, 0.25) is 0 Å². The fourth-order valence-electron chi connectivity index (χ4n) is 1.79. The van der Waals surface area contributed by atoms with E-state index in [9.17, 15) is 0 Å². The number of nitrogens with two attached hydrogens (primary N) is 1. The standard InChI is InChI=1S/C16H18ClNO2/c1-2-12-11-15(7-8-16(12)17)20-10-9-19-14-5-3-13(18)4-6-14/h3-8,11H,2,9-10,18H2,1H3. The number of hydrogen-bond donors (Lipinski definition) is 1. The van der Waals surface area contributed by atoms with Crippen LogP contribution in [0.1, 0.15) is 12.5 Å². The zero-order valence-electron chi connectivity index (χ0n) is 11.4. The van der Waals surface area contributed by atoms with Crippen LogP contribution < -0.4 is 15.2 Å². The van der Waals surface area contributed by atoms with Crippen LogP contribution in [0.3, 0.4) is 0 Å². The summed E-state index contributed by atoms with van der Waals surface area (Å²) in [5.74, 6) is 1.60. The Morgan fingerprint density at radius 3 is 2.20 bits per heavy atom. The molecule has 106 valence electrons. The second kappa shape index (κ2) is 7.06. The summed E-state index contributed by atoms with van der Waals surface area (Å²) in [7, 11) is 0. The van der Waals surface area contributed by atoms with Crippen molar-refractivity contribution in [2.24, 2.45) is 0 Å². The van der Waals surface area contributed by atoms with E-state index in [1.807, 2.05) is 42.5 Å². The Labute approximate surface area is 124 Å². The Bertz CT molecular complexity index is 555. The van der Waals surface area contributed by atoms with E-state index in [0.29, 0.717) is 13.2 Å². The molecule has 3 nitrogen and oxygen atoms in total. The zero-order chi connectivity index (χ0) is 14.4. The van der Waals surface area contributed by atoms with Gasteiger partial charge in [-0.05, 0) is 54.4 Å². The molecule has 0 spiro atoms. The van der Waals surface area contributed by atoms with E-state index < -0.39 is 0 Å². The van der Waals surface area contributed by atoms with Crippen molar-refractivity contribution in [2.75, 3.05) is 18.9 Å². The largest absolute Gasteiger partial charge is 0.490 e. The number of benzene rings is 2. The Morgan fingerprint density at radius 1 is 0.950 bits per heavy atom. The van der Waals surface area contributed by atoms with Crippen LogP contribution in [0.2, 0.25) is 5.02 Å². The summed E-state index contributed by atoms with van der Waals surface area (Å²) in [6.07, 6.45) is 0.887. The lowest BCUT2D eigenvalue weighted by molar-refractivity contribution is 0.217. The zero-order valence-corrected chi connectivity index (χ0v) is 12.2. The van der Waals surface area contributed by atoms with Crippen molar-refractivity contribution in [1.29, 1.82) is 0 Å². The predicted octanol–water partition coefficient (Wildman–Crippen LogP) is 3.94. The monoisotopic (exact) mass is 291 g/mol. The highest BCUT2D eigenvalue weighted by Gasteiger charge is 2.01. The van der Waals surface area contributed by atoms with Gasteiger partial charge in [-0.25, -0.2) is 0 Å². The molecule has 0 atom stereocenters. The molecule has 0 aliphatic carbocycles. The first-order chi connectivity index (χ1) is 9.69. The molecule has 0 bridgehead atoms. The van der Waals surface area contributed by atoms with Crippen LogP contribution in [0.15, 0.2) is 42.5 Å². The maximum atomic E-state index is 6.06. The van der Waals surface area contributed by atoms with Crippen molar-refractivity contribution in [2.45, 2.75) is 13.3 Å². The van der Waals surface area contributed by atoms with Crippen LogP contribution in [-0.4, -0.2) is 13.2 Å². The van der Waals surface area contributed by atoms with Gasteiger partial charge in [0.25, 0.3) is 0 Å². The topological polar surface area (TPSA) is 44.5 Å². The molecule has 2 aromatic rings. The molecule has 0 amide bonds. The average Bonchev–Trinajstić information content (AvgIpc) is 2.47. The molecule has 4 heteroatoms. The van der Waals surface area contributed by atoms with E-state index in [-0.39, 0.29) is 0 Å². The van der Waals surface area contributed by atoms with Gasteiger partial charge in [0.05, 0.1) is 0 Å². The minimum atomic E-state index is 0.480. The molecule has 0 aliphatic heterocycles. The Kier molecular flexibility index (Phi) is 5.13.